The van der Waals surface area contributed by atoms with Crippen LogP contribution in [-0.2, 0) is 0 Å². The highest BCUT2D eigenvalue weighted by Crippen LogP contribution is 2.15. The Kier molecular flexibility index (Phi) is 2.45. The topological polar surface area (TPSA) is 25.8 Å². The number of thioether (sulfide) groups is 1. The van der Waals surface area contributed by atoms with Crippen molar-refractivity contribution < 1.29 is 0 Å². The lowest BCUT2D eigenvalue weighted by molar-refractivity contribution is 1.04. The Morgan fingerprint density at radius 1 is 1.70 bits per heavy atom. The number of hydrogen-bond donors (Lipinski definition) is 0. The van der Waals surface area contributed by atoms with E-state index >= 15 is 0 Å². The molecular weight excluding hydrogens is 144 g/mol. The third-order valence-corrected chi connectivity index (χ3v) is 1.84. The minimum Gasteiger partial charge on any atom is -0.244 e. The van der Waals surface area contributed by atoms with Crippen LogP contribution in [0.25, 0.3) is 6.08 Å². The van der Waals surface area contributed by atoms with Crippen molar-refractivity contribution in [2.45, 2.75) is 5.03 Å². The van der Waals surface area contributed by atoms with Gasteiger partial charge in [-0.25, -0.2) is 9.97 Å². The molecule has 0 aliphatic rings. The molecule has 0 saturated heterocycles. The molecule has 0 amide bonds. The molecule has 0 aromatic carbocycles. The minimum absolute atomic E-state index is 0.977. The molecule has 1 heterocycles. The number of nitrogens with zero attached hydrogens (tertiary/aromatic N) is 2. The quantitative estimate of drug-likeness (QED) is 0.477. The van der Waals surface area contributed by atoms with E-state index in [-0.39, 0.29) is 0 Å². The maximum Gasteiger partial charge on any atom is 0.116 e. The maximum atomic E-state index is 4.05. The lowest BCUT2D eigenvalue weighted by atomic mass is 10.3. The summed E-state index contributed by atoms with van der Waals surface area (Å²) in [6.45, 7) is 3.65. The summed E-state index contributed by atoms with van der Waals surface area (Å²) in [6, 6.07) is 0. The van der Waals surface area contributed by atoms with E-state index in [1.165, 1.54) is 0 Å². The van der Waals surface area contributed by atoms with Gasteiger partial charge < -0.3 is 0 Å². The molecule has 0 radical (unpaired) electrons. The molecule has 0 saturated carbocycles. The molecule has 1 aromatic heterocycles. The predicted octanol–water partition coefficient (Wildman–Crippen LogP) is 1.84. The minimum atomic E-state index is 0.977. The summed E-state index contributed by atoms with van der Waals surface area (Å²) in [6.07, 6.45) is 7.03. The van der Waals surface area contributed by atoms with Crippen molar-refractivity contribution in [3.63, 3.8) is 0 Å². The average molecular weight is 152 g/mol. The lowest BCUT2D eigenvalue weighted by Crippen LogP contribution is -1.84. The first kappa shape index (κ1) is 7.28. The fourth-order valence-corrected chi connectivity index (χ4v) is 1.16. The van der Waals surface area contributed by atoms with Gasteiger partial charge in [-0.2, -0.15) is 0 Å². The third-order valence-electron chi connectivity index (χ3n) is 1.12. The van der Waals surface area contributed by atoms with E-state index in [0.29, 0.717) is 0 Å². The molecule has 0 atom stereocenters. The Bertz CT molecular complexity index is 235. The van der Waals surface area contributed by atoms with Crippen LogP contribution in [0.3, 0.4) is 0 Å². The molecule has 0 bridgehead atoms. The van der Waals surface area contributed by atoms with Gasteiger partial charge in [-0.15, -0.1) is 11.8 Å². The van der Waals surface area contributed by atoms with Crippen molar-refractivity contribution in [3.8, 4) is 0 Å². The van der Waals surface area contributed by atoms with E-state index in [0.717, 1.165) is 10.6 Å². The standard InChI is InChI=1S/C7H8N2S/c1-3-6-4-8-5-9-7(6)10-2/h3-5H,1H2,2H3. The Labute approximate surface area is 64.4 Å². The summed E-state index contributed by atoms with van der Waals surface area (Å²) >= 11 is 1.60. The van der Waals surface area contributed by atoms with Crippen LogP contribution in [0.2, 0.25) is 0 Å². The number of hydrogen-bond acceptors (Lipinski definition) is 3. The van der Waals surface area contributed by atoms with Crippen molar-refractivity contribution in [3.05, 3.63) is 24.7 Å². The zero-order chi connectivity index (χ0) is 7.40. The normalized spacial score (nSPS) is 9.30. The first-order valence-electron chi connectivity index (χ1n) is 2.85. The van der Waals surface area contributed by atoms with Crippen molar-refractivity contribution in [2.75, 3.05) is 6.26 Å². The number of rotatable bonds is 2. The third kappa shape index (κ3) is 1.36. The average Bonchev–Trinajstić information content (AvgIpc) is 2.04. The van der Waals surface area contributed by atoms with Gasteiger partial charge in [0.15, 0.2) is 0 Å². The van der Waals surface area contributed by atoms with Crippen molar-refractivity contribution >= 4 is 17.8 Å². The highest BCUT2D eigenvalue weighted by Gasteiger charge is 1.95. The van der Waals surface area contributed by atoms with E-state index in [4.69, 9.17) is 0 Å². The molecular formula is C7H8N2S. The molecule has 0 aliphatic heterocycles. The van der Waals surface area contributed by atoms with Gasteiger partial charge >= 0.3 is 0 Å². The van der Waals surface area contributed by atoms with Crippen LogP contribution in [0, 0.1) is 0 Å². The molecule has 0 aliphatic carbocycles. The smallest absolute Gasteiger partial charge is 0.116 e. The largest absolute Gasteiger partial charge is 0.244 e. The van der Waals surface area contributed by atoms with Crippen LogP contribution >= 0.6 is 11.8 Å². The van der Waals surface area contributed by atoms with Crippen LogP contribution < -0.4 is 0 Å². The molecule has 3 heteroatoms. The molecule has 0 spiro atoms. The predicted molar refractivity (Wildman–Crippen MR) is 43.9 cm³/mol. The second kappa shape index (κ2) is 3.37. The first-order valence-corrected chi connectivity index (χ1v) is 4.07. The van der Waals surface area contributed by atoms with Crippen LogP contribution in [0.15, 0.2) is 24.1 Å². The second-order valence-electron chi connectivity index (χ2n) is 1.69. The highest BCUT2D eigenvalue weighted by atomic mass is 32.2. The summed E-state index contributed by atoms with van der Waals surface area (Å²) in [7, 11) is 0. The Hall–Kier alpha value is -0.830. The van der Waals surface area contributed by atoms with Crippen LogP contribution in [-0.4, -0.2) is 16.2 Å². The highest BCUT2D eigenvalue weighted by molar-refractivity contribution is 7.98. The summed E-state index contributed by atoms with van der Waals surface area (Å²) < 4.78 is 0. The zero-order valence-corrected chi connectivity index (χ0v) is 6.56. The molecule has 52 valence electrons. The monoisotopic (exact) mass is 152 g/mol. The molecule has 1 rings (SSSR count). The SMILES string of the molecule is C=Cc1cncnc1SC. The molecule has 2 nitrogen and oxygen atoms in total. The summed E-state index contributed by atoms with van der Waals surface area (Å²) in [4.78, 5) is 7.92. The van der Waals surface area contributed by atoms with Gasteiger partial charge in [-0.1, -0.05) is 12.7 Å². The number of aromatic nitrogens is 2. The van der Waals surface area contributed by atoms with Gasteiger partial charge in [-0.3, -0.25) is 0 Å². The lowest BCUT2D eigenvalue weighted by Gasteiger charge is -1.96. The van der Waals surface area contributed by atoms with E-state index in [9.17, 15) is 0 Å². The maximum absolute atomic E-state index is 4.05. The Morgan fingerprint density at radius 3 is 3.00 bits per heavy atom. The fraction of sp³-hybridized carbons (Fsp3) is 0.143. The van der Waals surface area contributed by atoms with Gasteiger partial charge in [0.05, 0.1) is 0 Å². The van der Waals surface area contributed by atoms with Crippen LogP contribution in [0.4, 0.5) is 0 Å². The molecule has 0 unspecified atom stereocenters. The van der Waals surface area contributed by atoms with Gasteiger partial charge in [0.25, 0.3) is 0 Å². The van der Waals surface area contributed by atoms with E-state index < -0.39 is 0 Å². The van der Waals surface area contributed by atoms with Crippen LogP contribution in [0.5, 0.6) is 0 Å². The molecule has 1 aromatic rings. The van der Waals surface area contributed by atoms with Crippen LogP contribution in [0.1, 0.15) is 5.56 Å². The van der Waals surface area contributed by atoms with E-state index in [2.05, 4.69) is 16.5 Å². The fourth-order valence-electron chi connectivity index (χ4n) is 0.640. The Balaban J connectivity index is 3.08. The van der Waals surface area contributed by atoms with Gasteiger partial charge in [0, 0.05) is 11.8 Å². The van der Waals surface area contributed by atoms with Gasteiger partial charge in [0.1, 0.15) is 11.4 Å². The summed E-state index contributed by atoms with van der Waals surface area (Å²) in [5.74, 6) is 0. The van der Waals surface area contributed by atoms with Crippen molar-refractivity contribution in [1.29, 1.82) is 0 Å². The Morgan fingerprint density at radius 2 is 2.50 bits per heavy atom. The molecule has 10 heavy (non-hydrogen) atoms. The van der Waals surface area contributed by atoms with Gasteiger partial charge in [0.2, 0.25) is 0 Å². The zero-order valence-electron chi connectivity index (χ0n) is 5.74. The van der Waals surface area contributed by atoms with E-state index in [1.54, 1.807) is 30.4 Å². The molecule has 0 fully saturated rings. The second-order valence-corrected chi connectivity index (χ2v) is 2.49. The molecule has 0 N–H and O–H groups in total. The van der Waals surface area contributed by atoms with E-state index in [1.807, 2.05) is 6.26 Å². The van der Waals surface area contributed by atoms with Crippen molar-refractivity contribution in [1.82, 2.24) is 9.97 Å². The summed E-state index contributed by atoms with van der Waals surface area (Å²) in [5, 5.41) is 0.977. The summed E-state index contributed by atoms with van der Waals surface area (Å²) in [5.41, 5.74) is 0.995. The van der Waals surface area contributed by atoms with Crippen molar-refractivity contribution in [2.24, 2.45) is 0 Å². The van der Waals surface area contributed by atoms with Gasteiger partial charge in [-0.05, 0) is 6.26 Å². The first-order chi connectivity index (χ1) is 4.88.